The second-order valence-electron chi connectivity index (χ2n) is 7.41. The summed E-state index contributed by atoms with van der Waals surface area (Å²) in [6.07, 6.45) is 3.78. The highest BCUT2D eigenvalue weighted by Crippen LogP contribution is 2.36. The number of hydrogen-bond donors (Lipinski definition) is 1. The van der Waals surface area contributed by atoms with E-state index in [-0.39, 0.29) is 0 Å². The van der Waals surface area contributed by atoms with E-state index in [1.54, 1.807) is 6.33 Å². The fourth-order valence-electron chi connectivity index (χ4n) is 4.37. The molecule has 0 aliphatic carbocycles. The number of nitrogens with one attached hydrogen (secondary N) is 1. The average molecular weight is 399 g/mol. The Morgan fingerprint density at radius 3 is 2.81 bits per heavy atom. The monoisotopic (exact) mass is 398 g/mol. The van der Waals surface area contributed by atoms with Gasteiger partial charge in [-0.15, -0.1) is 0 Å². The summed E-state index contributed by atoms with van der Waals surface area (Å²) in [5, 5.41) is 9.13. The fourth-order valence-corrected chi connectivity index (χ4v) is 4.68. The second-order valence-corrected chi connectivity index (χ2v) is 8.22. The van der Waals surface area contributed by atoms with Crippen molar-refractivity contribution in [2.45, 2.75) is 37.8 Å². The molecule has 4 nitrogen and oxygen atoms in total. The highest BCUT2D eigenvalue weighted by atomic mass is 35.5. The molecule has 2 aliphatic rings. The van der Waals surface area contributed by atoms with Crippen LogP contribution in [0.5, 0.6) is 0 Å². The molecule has 0 fully saturated rings. The van der Waals surface area contributed by atoms with Crippen molar-refractivity contribution >= 4 is 23.2 Å². The molecule has 0 saturated heterocycles. The van der Waals surface area contributed by atoms with Crippen LogP contribution in [0.4, 0.5) is 0 Å². The maximum absolute atomic E-state index is 6.25. The number of fused-ring (bicyclic) bond motifs is 2. The number of hydrogen-bond acceptors (Lipinski definition) is 3. The third-order valence-corrected chi connectivity index (χ3v) is 6.57. The lowest BCUT2D eigenvalue weighted by molar-refractivity contribution is 0.422. The molecule has 2 atom stereocenters. The first-order valence-corrected chi connectivity index (χ1v) is 10.1. The quantitative estimate of drug-likeness (QED) is 0.688. The molecule has 27 heavy (non-hydrogen) atoms. The molecule has 0 bridgehead atoms. The van der Waals surface area contributed by atoms with E-state index < -0.39 is 0 Å². The van der Waals surface area contributed by atoms with E-state index in [2.05, 4.69) is 39.7 Å². The molecule has 1 aromatic heterocycles. The molecule has 6 heteroatoms. The van der Waals surface area contributed by atoms with Gasteiger partial charge in [-0.25, -0.2) is 9.67 Å². The summed E-state index contributed by atoms with van der Waals surface area (Å²) in [7, 11) is 0. The summed E-state index contributed by atoms with van der Waals surface area (Å²) in [4.78, 5) is 4.33. The molecule has 5 rings (SSSR count). The van der Waals surface area contributed by atoms with Crippen molar-refractivity contribution in [2.24, 2.45) is 0 Å². The van der Waals surface area contributed by atoms with Crippen molar-refractivity contribution in [3.63, 3.8) is 0 Å². The molecule has 1 unspecified atom stereocenters. The average Bonchev–Trinajstić information content (AvgIpc) is 3.17. The zero-order chi connectivity index (χ0) is 18.4. The summed E-state index contributed by atoms with van der Waals surface area (Å²) in [5.41, 5.74) is 5.36. The van der Waals surface area contributed by atoms with E-state index in [4.69, 9.17) is 23.2 Å². The van der Waals surface area contributed by atoms with Gasteiger partial charge in [0.2, 0.25) is 0 Å². The smallest absolute Gasteiger partial charge is 0.138 e. The van der Waals surface area contributed by atoms with Crippen LogP contribution >= 0.6 is 23.2 Å². The normalized spacial score (nSPS) is 21.6. The molecule has 0 saturated carbocycles. The Hall–Kier alpha value is -1.88. The Bertz CT molecular complexity index is 998. The molecule has 1 N–H and O–H groups in total. The van der Waals surface area contributed by atoms with Gasteiger partial charge < -0.3 is 5.32 Å². The van der Waals surface area contributed by atoms with Gasteiger partial charge in [0.1, 0.15) is 12.2 Å². The van der Waals surface area contributed by atoms with Gasteiger partial charge in [-0.05, 0) is 40.8 Å². The van der Waals surface area contributed by atoms with Gasteiger partial charge in [0, 0.05) is 37.9 Å². The number of nitrogens with zero attached hydrogens (tertiary/aromatic N) is 3. The molecule has 0 spiro atoms. The minimum Gasteiger partial charge on any atom is -0.312 e. The summed E-state index contributed by atoms with van der Waals surface area (Å²) >= 11 is 12.3. The summed E-state index contributed by atoms with van der Waals surface area (Å²) in [5.74, 6) is 1.89. The van der Waals surface area contributed by atoms with Crippen LogP contribution in [-0.2, 0) is 19.5 Å². The van der Waals surface area contributed by atoms with Gasteiger partial charge in [0.15, 0.2) is 0 Å². The van der Waals surface area contributed by atoms with Gasteiger partial charge in [-0.3, -0.25) is 0 Å². The van der Waals surface area contributed by atoms with Gasteiger partial charge in [0.05, 0.1) is 10.0 Å². The van der Waals surface area contributed by atoms with Crippen LogP contribution in [0.1, 0.15) is 46.3 Å². The van der Waals surface area contributed by atoms with Crippen LogP contribution in [0.15, 0.2) is 42.7 Å². The number of aryl methyl sites for hydroxylation is 1. The Balaban J connectivity index is 1.46. The maximum Gasteiger partial charge on any atom is 0.138 e. The van der Waals surface area contributed by atoms with Gasteiger partial charge >= 0.3 is 0 Å². The van der Waals surface area contributed by atoms with Crippen molar-refractivity contribution in [3.05, 3.63) is 80.8 Å². The first kappa shape index (κ1) is 17.2. The van der Waals surface area contributed by atoms with Crippen LogP contribution in [0, 0.1) is 0 Å². The standard InChI is InChI=1S/C21H20Cl2N4/c22-19-5-2-14(8-20(19)23)18-10-24-9-16-7-13(1-4-17(16)18)15-3-6-21-25-12-26-27(21)11-15/h1-2,4-5,7-8,12,15,18,24H,3,6,9-11H2/t15?,18-/m0/s1. The van der Waals surface area contributed by atoms with Crippen LogP contribution in [-0.4, -0.2) is 21.3 Å². The number of benzene rings is 2. The van der Waals surface area contributed by atoms with Crippen LogP contribution in [0.2, 0.25) is 10.0 Å². The Morgan fingerprint density at radius 2 is 1.93 bits per heavy atom. The van der Waals surface area contributed by atoms with Gasteiger partial charge in [-0.1, -0.05) is 47.5 Å². The molecule has 138 valence electrons. The summed E-state index contributed by atoms with van der Waals surface area (Å²) in [6.45, 7) is 2.73. The van der Waals surface area contributed by atoms with Crippen molar-refractivity contribution in [1.82, 2.24) is 20.1 Å². The molecule has 2 aromatic carbocycles. The molecule has 2 aliphatic heterocycles. The highest BCUT2D eigenvalue weighted by molar-refractivity contribution is 6.42. The predicted octanol–water partition coefficient (Wildman–Crippen LogP) is 4.55. The van der Waals surface area contributed by atoms with Gasteiger partial charge in [-0.2, -0.15) is 5.10 Å². The second kappa shape index (κ2) is 6.93. The lowest BCUT2D eigenvalue weighted by Crippen LogP contribution is -2.29. The molecule has 3 aromatic rings. The zero-order valence-corrected chi connectivity index (χ0v) is 16.3. The van der Waals surface area contributed by atoms with Crippen LogP contribution < -0.4 is 5.32 Å². The lowest BCUT2D eigenvalue weighted by atomic mass is 9.82. The largest absolute Gasteiger partial charge is 0.312 e. The van der Waals surface area contributed by atoms with Crippen LogP contribution in [0.25, 0.3) is 0 Å². The van der Waals surface area contributed by atoms with Crippen molar-refractivity contribution in [1.29, 1.82) is 0 Å². The first-order valence-electron chi connectivity index (χ1n) is 9.34. The molecule has 0 amide bonds. The Labute approximate surface area is 168 Å². The van der Waals surface area contributed by atoms with E-state index in [9.17, 15) is 0 Å². The maximum atomic E-state index is 6.25. The van der Waals surface area contributed by atoms with E-state index in [1.165, 1.54) is 22.3 Å². The lowest BCUT2D eigenvalue weighted by Gasteiger charge is -2.29. The Kier molecular flexibility index (Phi) is 4.43. The van der Waals surface area contributed by atoms with E-state index in [1.807, 2.05) is 16.8 Å². The third kappa shape index (κ3) is 3.16. The first-order chi connectivity index (χ1) is 13.2. The van der Waals surface area contributed by atoms with E-state index in [0.717, 1.165) is 38.3 Å². The summed E-state index contributed by atoms with van der Waals surface area (Å²) < 4.78 is 2.05. The molecule has 0 radical (unpaired) electrons. The fraction of sp³-hybridized carbons (Fsp3) is 0.333. The number of rotatable bonds is 2. The number of halogens is 2. The third-order valence-electron chi connectivity index (χ3n) is 5.83. The van der Waals surface area contributed by atoms with E-state index >= 15 is 0 Å². The van der Waals surface area contributed by atoms with E-state index in [0.29, 0.717) is 21.9 Å². The highest BCUT2D eigenvalue weighted by Gasteiger charge is 2.25. The zero-order valence-electron chi connectivity index (χ0n) is 14.8. The predicted molar refractivity (Wildman–Crippen MR) is 108 cm³/mol. The Morgan fingerprint density at radius 1 is 1.04 bits per heavy atom. The van der Waals surface area contributed by atoms with Crippen molar-refractivity contribution in [3.8, 4) is 0 Å². The van der Waals surface area contributed by atoms with Gasteiger partial charge in [0.25, 0.3) is 0 Å². The molecular formula is C21H20Cl2N4. The number of aromatic nitrogens is 3. The SMILES string of the molecule is Clc1ccc([C@@H]2CNCc3cc(C4CCc5ncnn5C4)ccc32)cc1Cl. The summed E-state index contributed by atoms with van der Waals surface area (Å²) in [6, 6.07) is 12.9. The molecule has 3 heterocycles. The minimum absolute atomic E-state index is 0.297. The van der Waals surface area contributed by atoms with Crippen molar-refractivity contribution < 1.29 is 0 Å². The molecular weight excluding hydrogens is 379 g/mol. The topological polar surface area (TPSA) is 42.7 Å². The van der Waals surface area contributed by atoms with Crippen LogP contribution in [0.3, 0.4) is 0 Å². The minimum atomic E-state index is 0.297. The van der Waals surface area contributed by atoms with Crippen molar-refractivity contribution in [2.75, 3.05) is 6.54 Å².